The second-order valence-corrected chi connectivity index (χ2v) is 16.4. The summed E-state index contributed by atoms with van der Waals surface area (Å²) in [6, 6.07) is 36.4. The maximum Gasteiger partial charge on any atom is 0.293 e. The molecule has 0 saturated carbocycles. The Hall–Kier alpha value is -4.92. The highest BCUT2D eigenvalue weighted by molar-refractivity contribution is 7.99. The largest absolute Gasteiger partial charge is 0.376 e. The lowest BCUT2D eigenvalue weighted by Gasteiger charge is -2.36. The molecular weight excluding hydrogens is 756 g/mol. The SMILES string of the molecule is CNCCC(CSc1ccccc1)Nc1ccc(S(=O)(=O)NC(=O)c2ccc(N3CCN(Cc4ccccc4-c4ccc(Cl)cc4)CC3)cc2)cc1[N+](=O)[O-]. The summed E-state index contributed by atoms with van der Waals surface area (Å²) in [5.74, 6) is -0.194. The molecule has 0 aliphatic carbocycles. The fourth-order valence-electron chi connectivity index (χ4n) is 6.44. The highest BCUT2D eigenvalue weighted by Gasteiger charge is 2.26. The number of nitro groups is 1. The van der Waals surface area contributed by atoms with Gasteiger partial charge in [0.15, 0.2) is 0 Å². The summed E-state index contributed by atoms with van der Waals surface area (Å²) in [5.41, 5.74) is 4.43. The lowest BCUT2D eigenvalue weighted by molar-refractivity contribution is -0.384. The van der Waals surface area contributed by atoms with Crippen molar-refractivity contribution in [3.8, 4) is 11.1 Å². The van der Waals surface area contributed by atoms with Crippen molar-refractivity contribution < 1.29 is 18.1 Å². The summed E-state index contributed by atoms with van der Waals surface area (Å²) in [6.45, 7) is 4.76. The molecule has 6 rings (SSSR count). The first-order valence-electron chi connectivity index (χ1n) is 18.0. The number of piperazine rings is 1. The van der Waals surface area contributed by atoms with E-state index in [-0.39, 0.29) is 22.2 Å². The smallest absolute Gasteiger partial charge is 0.293 e. The molecule has 1 atom stereocenters. The van der Waals surface area contributed by atoms with E-state index in [0.29, 0.717) is 23.7 Å². The van der Waals surface area contributed by atoms with E-state index in [4.69, 9.17) is 11.6 Å². The van der Waals surface area contributed by atoms with Crippen LogP contribution in [0.5, 0.6) is 0 Å². The zero-order chi connectivity index (χ0) is 38.8. The molecule has 1 amide bonds. The van der Waals surface area contributed by atoms with Crippen LogP contribution in [0.1, 0.15) is 22.3 Å². The van der Waals surface area contributed by atoms with Crippen LogP contribution in [0.4, 0.5) is 17.1 Å². The van der Waals surface area contributed by atoms with Gasteiger partial charge >= 0.3 is 0 Å². The van der Waals surface area contributed by atoms with Crippen LogP contribution in [0.2, 0.25) is 5.02 Å². The van der Waals surface area contributed by atoms with Crippen molar-refractivity contribution in [2.75, 3.05) is 55.7 Å². The summed E-state index contributed by atoms with van der Waals surface area (Å²) in [5, 5.41) is 19.2. The van der Waals surface area contributed by atoms with Crippen LogP contribution in [0.25, 0.3) is 11.1 Å². The molecule has 14 heteroatoms. The molecule has 0 aromatic heterocycles. The van der Waals surface area contributed by atoms with Crippen LogP contribution in [-0.2, 0) is 16.6 Å². The van der Waals surface area contributed by atoms with Gasteiger partial charge in [-0.15, -0.1) is 11.8 Å². The maximum absolute atomic E-state index is 13.3. The number of carbonyl (C=O) groups is 1. The summed E-state index contributed by atoms with van der Waals surface area (Å²) in [6.07, 6.45) is 0.680. The van der Waals surface area contributed by atoms with E-state index in [1.807, 2.05) is 67.7 Å². The first-order chi connectivity index (χ1) is 26.6. The Kier molecular flexibility index (Phi) is 13.5. The van der Waals surface area contributed by atoms with Gasteiger partial charge in [-0.1, -0.05) is 66.2 Å². The fraction of sp³-hybridized carbons (Fsp3) is 0.244. The number of nitrogens with one attached hydrogen (secondary N) is 3. The standard InChI is InChI=1S/C41H43ClN6O5S2/c1-43-22-21-34(29-54-36-8-3-2-4-9-36)44-39-20-19-37(27-40(39)48(50)51)55(52,53)45-41(49)31-13-17-35(18-14-31)47-25-23-46(24-26-47)28-32-7-5-6-10-38(32)30-11-15-33(42)16-12-30/h2-20,27,34,43-44H,21-26,28-29H2,1H3,(H,45,49). The molecule has 5 aromatic carbocycles. The maximum atomic E-state index is 13.3. The van der Waals surface area contributed by atoms with E-state index >= 15 is 0 Å². The predicted octanol–water partition coefficient (Wildman–Crippen LogP) is 7.54. The number of sulfonamides is 1. The number of rotatable bonds is 16. The number of benzene rings is 5. The van der Waals surface area contributed by atoms with Gasteiger partial charge in [-0.05, 0) is 97.4 Å². The summed E-state index contributed by atoms with van der Waals surface area (Å²) in [7, 11) is -2.59. The van der Waals surface area contributed by atoms with E-state index < -0.39 is 26.5 Å². The number of carbonyl (C=O) groups excluding carboxylic acids is 1. The average molecular weight is 799 g/mol. The number of hydrogen-bond donors (Lipinski definition) is 3. The third kappa shape index (κ3) is 10.6. The van der Waals surface area contributed by atoms with E-state index in [1.165, 1.54) is 23.3 Å². The Morgan fingerprint density at radius 3 is 2.27 bits per heavy atom. The van der Waals surface area contributed by atoms with Crippen LogP contribution in [-0.4, -0.2) is 75.7 Å². The lowest BCUT2D eigenvalue weighted by Crippen LogP contribution is -2.46. The number of nitro benzene ring substituents is 1. The minimum atomic E-state index is -4.42. The second kappa shape index (κ2) is 18.6. The average Bonchev–Trinajstić information content (AvgIpc) is 3.20. The zero-order valence-corrected chi connectivity index (χ0v) is 32.7. The van der Waals surface area contributed by atoms with Crippen LogP contribution in [0.3, 0.4) is 0 Å². The molecule has 55 heavy (non-hydrogen) atoms. The van der Waals surface area contributed by atoms with Crippen molar-refractivity contribution in [2.45, 2.75) is 28.8 Å². The van der Waals surface area contributed by atoms with Crippen LogP contribution in [0.15, 0.2) is 131 Å². The molecule has 0 bridgehead atoms. The highest BCUT2D eigenvalue weighted by Crippen LogP contribution is 2.31. The summed E-state index contributed by atoms with van der Waals surface area (Å²) in [4.78, 5) is 30.0. The molecule has 1 saturated heterocycles. The van der Waals surface area contributed by atoms with Crippen LogP contribution in [0, 0.1) is 10.1 Å². The minimum absolute atomic E-state index is 0.145. The van der Waals surface area contributed by atoms with Crippen LogP contribution >= 0.6 is 23.4 Å². The molecule has 11 nitrogen and oxygen atoms in total. The van der Waals surface area contributed by atoms with Gasteiger partial charge in [-0.25, -0.2) is 13.1 Å². The first kappa shape index (κ1) is 39.8. The number of anilines is 2. The van der Waals surface area contributed by atoms with Gasteiger partial charge in [0.25, 0.3) is 21.6 Å². The Bertz CT molecular complexity index is 2180. The van der Waals surface area contributed by atoms with Gasteiger partial charge in [0, 0.05) is 71.8 Å². The van der Waals surface area contributed by atoms with Crippen molar-refractivity contribution in [1.29, 1.82) is 0 Å². The van der Waals surface area contributed by atoms with E-state index in [9.17, 15) is 23.3 Å². The van der Waals surface area contributed by atoms with Crippen molar-refractivity contribution >= 4 is 56.4 Å². The molecule has 1 unspecified atom stereocenters. The number of hydrogen-bond acceptors (Lipinski definition) is 10. The summed E-state index contributed by atoms with van der Waals surface area (Å²) >= 11 is 7.73. The van der Waals surface area contributed by atoms with Crippen molar-refractivity contribution in [3.05, 3.63) is 148 Å². The third-order valence-electron chi connectivity index (χ3n) is 9.43. The minimum Gasteiger partial charge on any atom is -0.376 e. The van der Waals surface area contributed by atoms with Gasteiger partial charge < -0.3 is 15.5 Å². The monoisotopic (exact) mass is 798 g/mol. The van der Waals surface area contributed by atoms with E-state index in [2.05, 4.69) is 43.4 Å². The fourth-order valence-corrected chi connectivity index (χ4v) is 8.55. The van der Waals surface area contributed by atoms with Gasteiger partial charge in [0.1, 0.15) is 5.69 Å². The molecule has 3 N–H and O–H groups in total. The van der Waals surface area contributed by atoms with Gasteiger partial charge in [-0.2, -0.15) is 0 Å². The van der Waals surface area contributed by atoms with E-state index in [1.54, 1.807) is 36.0 Å². The van der Waals surface area contributed by atoms with Crippen LogP contribution < -0.4 is 20.3 Å². The Morgan fingerprint density at radius 2 is 1.58 bits per heavy atom. The molecular formula is C41H43ClN6O5S2. The Morgan fingerprint density at radius 1 is 0.891 bits per heavy atom. The van der Waals surface area contributed by atoms with E-state index in [0.717, 1.165) is 54.9 Å². The Balaban J connectivity index is 1.05. The molecule has 0 spiro atoms. The number of amides is 1. The van der Waals surface area contributed by atoms with Crippen molar-refractivity contribution in [1.82, 2.24) is 14.9 Å². The molecule has 1 fully saturated rings. The number of halogens is 1. The number of nitrogens with zero attached hydrogens (tertiary/aromatic N) is 3. The lowest BCUT2D eigenvalue weighted by atomic mass is 9.99. The van der Waals surface area contributed by atoms with Crippen molar-refractivity contribution in [2.24, 2.45) is 0 Å². The normalized spacial score (nSPS) is 14.0. The predicted molar refractivity (Wildman–Crippen MR) is 222 cm³/mol. The molecule has 1 heterocycles. The topological polar surface area (TPSA) is 137 Å². The molecule has 1 aliphatic heterocycles. The Labute approximate surface area is 331 Å². The zero-order valence-electron chi connectivity index (χ0n) is 30.4. The van der Waals surface area contributed by atoms with Gasteiger partial charge in [-0.3, -0.25) is 19.8 Å². The molecule has 286 valence electrons. The number of thioether (sulfide) groups is 1. The van der Waals surface area contributed by atoms with Crippen molar-refractivity contribution in [3.63, 3.8) is 0 Å². The summed E-state index contributed by atoms with van der Waals surface area (Å²) < 4.78 is 28.7. The molecule has 0 radical (unpaired) electrons. The highest BCUT2D eigenvalue weighted by atomic mass is 35.5. The first-order valence-corrected chi connectivity index (χ1v) is 20.8. The molecule has 5 aromatic rings. The van der Waals surface area contributed by atoms with Gasteiger partial charge in [0.2, 0.25) is 0 Å². The van der Waals surface area contributed by atoms with Gasteiger partial charge in [0.05, 0.1) is 9.82 Å². The molecule has 1 aliphatic rings. The second-order valence-electron chi connectivity index (χ2n) is 13.2. The quantitative estimate of drug-likeness (QED) is 0.0522. The third-order valence-corrected chi connectivity index (χ3v) is 12.2.